The maximum absolute atomic E-state index is 11.4. The third-order valence-corrected chi connectivity index (χ3v) is 5.00. The molecule has 0 bridgehead atoms. The zero-order chi connectivity index (χ0) is 12.8. The standard InChI is InChI=1S/C15H32OP/c1-3-5-6-7-8-9-10-11-12-13-15-17(16)14-4-2/h3-15H2,1-2H3/q+1. The summed E-state index contributed by atoms with van der Waals surface area (Å²) in [6.07, 6.45) is 16.6. The third kappa shape index (κ3) is 14.0. The fraction of sp³-hybridized carbons (Fsp3) is 1.00. The largest absolute Gasteiger partial charge is 0.338 e. The minimum absolute atomic E-state index is 0.865. The first kappa shape index (κ1) is 17.1. The van der Waals surface area contributed by atoms with Crippen molar-refractivity contribution in [3.63, 3.8) is 0 Å². The highest BCUT2D eigenvalue weighted by Gasteiger charge is 2.11. The Hall–Kier alpha value is 0.100. The number of hydrogen-bond donors (Lipinski definition) is 0. The van der Waals surface area contributed by atoms with Gasteiger partial charge < -0.3 is 0 Å². The minimum atomic E-state index is -0.865. The summed E-state index contributed by atoms with van der Waals surface area (Å²) in [4.78, 5) is 0. The first-order chi connectivity index (χ1) is 8.31. The molecule has 0 aliphatic heterocycles. The van der Waals surface area contributed by atoms with E-state index in [1.54, 1.807) is 0 Å². The molecule has 0 aromatic heterocycles. The van der Waals surface area contributed by atoms with Crippen LogP contribution in [-0.4, -0.2) is 12.3 Å². The van der Waals surface area contributed by atoms with E-state index in [0.29, 0.717) is 0 Å². The molecule has 1 nitrogen and oxygen atoms in total. The lowest BCUT2D eigenvalue weighted by molar-refractivity contribution is 0.558. The molecule has 102 valence electrons. The maximum atomic E-state index is 11.4. The van der Waals surface area contributed by atoms with Gasteiger partial charge in [-0.3, -0.25) is 0 Å². The molecule has 0 spiro atoms. The van der Waals surface area contributed by atoms with Crippen LogP contribution in [0.1, 0.15) is 84.5 Å². The quantitative estimate of drug-likeness (QED) is 0.286. The Labute approximate surface area is 110 Å². The van der Waals surface area contributed by atoms with E-state index in [0.717, 1.165) is 18.7 Å². The van der Waals surface area contributed by atoms with Crippen molar-refractivity contribution in [2.45, 2.75) is 84.5 Å². The van der Waals surface area contributed by atoms with Crippen LogP contribution >= 0.6 is 7.80 Å². The summed E-state index contributed by atoms with van der Waals surface area (Å²) in [5.74, 6) is 0. The Kier molecular flexibility index (Phi) is 14.2. The van der Waals surface area contributed by atoms with Crippen LogP contribution < -0.4 is 0 Å². The van der Waals surface area contributed by atoms with Crippen LogP contribution in [0.2, 0.25) is 0 Å². The average molecular weight is 259 g/mol. The Morgan fingerprint density at radius 2 is 1.06 bits per heavy atom. The normalized spacial score (nSPS) is 11.8. The summed E-state index contributed by atoms with van der Waals surface area (Å²) in [7, 11) is -0.865. The van der Waals surface area contributed by atoms with Gasteiger partial charge in [0.1, 0.15) is 12.3 Å². The highest BCUT2D eigenvalue weighted by atomic mass is 31.1. The lowest BCUT2D eigenvalue weighted by Crippen LogP contribution is -1.85. The Bertz CT molecular complexity index is 168. The molecular weight excluding hydrogens is 227 g/mol. The molecule has 0 radical (unpaired) electrons. The van der Waals surface area contributed by atoms with Gasteiger partial charge in [-0.1, -0.05) is 69.8 Å². The average Bonchev–Trinajstić information content (AvgIpc) is 2.32. The minimum Gasteiger partial charge on any atom is -0.0748 e. The molecule has 0 saturated carbocycles. The molecule has 0 heterocycles. The number of rotatable bonds is 13. The van der Waals surface area contributed by atoms with E-state index in [-0.39, 0.29) is 0 Å². The van der Waals surface area contributed by atoms with Gasteiger partial charge in [0.05, 0.1) is 0 Å². The highest BCUT2D eigenvalue weighted by molar-refractivity contribution is 7.44. The van der Waals surface area contributed by atoms with Crippen LogP contribution in [-0.2, 0) is 4.57 Å². The maximum Gasteiger partial charge on any atom is 0.338 e. The molecule has 0 rings (SSSR count). The molecule has 0 amide bonds. The molecule has 1 atom stereocenters. The lowest BCUT2D eigenvalue weighted by Gasteiger charge is -2.00. The molecule has 0 aliphatic carbocycles. The Morgan fingerprint density at radius 3 is 1.53 bits per heavy atom. The van der Waals surface area contributed by atoms with E-state index >= 15 is 0 Å². The van der Waals surface area contributed by atoms with Crippen molar-refractivity contribution in [2.75, 3.05) is 12.3 Å². The molecule has 2 heteroatoms. The van der Waals surface area contributed by atoms with E-state index < -0.39 is 7.80 Å². The summed E-state index contributed by atoms with van der Waals surface area (Å²) in [5.41, 5.74) is 0. The van der Waals surface area contributed by atoms with Crippen LogP contribution in [0.25, 0.3) is 0 Å². The summed E-state index contributed by atoms with van der Waals surface area (Å²) >= 11 is 0. The summed E-state index contributed by atoms with van der Waals surface area (Å²) in [5, 5.41) is 0. The van der Waals surface area contributed by atoms with Gasteiger partial charge >= 0.3 is 7.80 Å². The molecule has 0 aromatic rings. The first-order valence-electron chi connectivity index (χ1n) is 7.73. The molecule has 0 aromatic carbocycles. The van der Waals surface area contributed by atoms with Crippen LogP contribution in [0, 0.1) is 0 Å². The molecule has 0 N–H and O–H groups in total. The van der Waals surface area contributed by atoms with Crippen molar-refractivity contribution in [1.29, 1.82) is 0 Å². The molecule has 0 aliphatic rings. The SMILES string of the molecule is CCCCCCCCCCCC[P+](=O)CCC. The van der Waals surface area contributed by atoms with E-state index in [4.69, 9.17) is 0 Å². The van der Waals surface area contributed by atoms with Crippen molar-refractivity contribution >= 4 is 7.80 Å². The summed E-state index contributed by atoms with van der Waals surface area (Å²) in [6.45, 7) is 4.38. The van der Waals surface area contributed by atoms with Gasteiger partial charge in [-0.2, -0.15) is 0 Å². The topological polar surface area (TPSA) is 17.1 Å². The van der Waals surface area contributed by atoms with Gasteiger partial charge in [-0.15, -0.1) is 0 Å². The van der Waals surface area contributed by atoms with Crippen molar-refractivity contribution in [1.82, 2.24) is 0 Å². The van der Waals surface area contributed by atoms with E-state index in [9.17, 15) is 4.57 Å². The number of unbranched alkanes of at least 4 members (excludes halogenated alkanes) is 9. The zero-order valence-electron chi connectivity index (χ0n) is 12.0. The van der Waals surface area contributed by atoms with Crippen LogP contribution in [0.3, 0.4) is 0 Å². The van der Waals surface area contributed by atoms with Gasteiger partial charge in [0.15, 0.2) is 0 Å². The van der Waals surface area contributed by atoms with Crippen molar-refractivity contribution in [3.05, 3.63) is 0 Å². The summed E-state index contributed by atoms with van der Waals surface area (Å²) < 4.78 is 11.4. The number of hydrogen-bond acceptors (Lipinski definition) is 1. The van der Waals surface area contributed by atoms with E-state index in [2.05, 4.69) is 13.8 Å². The van der Waals surface area contributed by atoms with Crippen molar-refractivity contribution in [3.8, 4) is 0 Å². The molecule has 17 heavy (non-hydrogen) atoms. The zero-order valence-corrected chi connectivity index (χ0v) is 12.9. The van der Waals surface area contributed by atoms with E-state index in [1.807, 2.05) is 0 Å². The second kappa shape index (κ2) is 14.2. The first-order valence-corrected chi connectivity index (χ1v) is 9.36. The second-order valence-corrected chi connectivity index (χ2v) is 6.97. The summed E-state index contributed by atoms with van der Waals surface area (Å²) in [6, 6.07) is 0. The van der Waals surface area contributed by atoms with Gasteiger partial charge in [0.2, 0.25) is 0 Å². The van der Waals surface area contributed by atoms with E-state index in [1.165, 1.54) is 64.2 Å². The molecule has 0 fully saturated rings. The van der Waals surface area contributed by atoms with Crippen LogP contribution in [0.5, 0.6) is 0 Å². The van der Waals surface area contributed by atoms with Crippen molar-refractivity contribution < 1.29 is 4.57 Å². The van der Waals surface area contributed by atoms with Crippen molar-refractivity contribution in [2.24, 2.45) is 0 Å². The predicted octanol–water partition coefficient (Wildman–Crippen LogP) is 6.14. The molecule has 0 saturated heterocycles. The lowest BCUT2D eigenvalue weighted by atomic mass is 10.1. The predicted molar refractivity (Wildman–Crippen MR) is 79.5 cm³/mol. The van der Waals surface area contributed by atoms with Gasteiger partial charge in [0, 0.05) is 0 Å². The Balaban J connectivity index is 3.01. The second-order valence-electron chi connectivity index (χ2n) is 5.11. The van der Waals surface area contributed by atoms with Gasteiger partial charge in [-0.05, 0) is 19.3 Å². The molecular formula is C15H32OP+. The molecule has 1 unspecified atom stereocenters. The van der Waals surface area contributed by atoms with Gasteiger partial charge in [-0.25, -0.2) is 0 Å². The fourth-order valence-corrected chi connectivity index (χ4v) is 3.44. The fourth-order valence-electron chi connectivity index (χ4n) is 2.14. The smallest absolute Gasteiger partial charge is 0.0748 e. The van der Waals surface area contributed by atoms with Crippen LogP contribution in [0.15, 0.2) is 0 Å². The monoisotopic (exact) mass is 259 g/mol. The van der Waals surface area contributed by atoms with Gasteiger partial charge in [0.25, 0.3) is 0 Å². The highest BCUT2D eigenvalue weighted by Crippen LogP contribution is 2.23. The third-order valence-electron chi connectivity index (χ3n) is 3.23. The van der Waals surface area contributed by atoms with Crippen LogP contribution in [0.4, 0.5) is 0 Å². The Morgan fingerprint density at radius 1 is 0.588 bits per heavy atom.